The number of rotatable bonds is 3. The highest BCUT2D eigenvalue weighted by Crippen LogP contribution is 2.58. The predicted octanol–water partition coefficient (Wildman–Crippen LogP) is 3.26. The summed E-state index contributed by atoms with van der Waals surface area (Å²) >= 11 is 0. The van der Waals surface area contributed by atoms with E-state index in [0.717, 1.165) is 5.56 Å². The Bertz CT molecular complexity index is 852. The maximum Gasteiger partial charge on any atom is 0.429 e. The minimum absolute atomic E-state index is 0.0164. The van der Waals surface area contributed by atoms with Crippen LogP contribution < -0.4 is 0 Å². The van der Waals surface area contributed by atoms with Gasteiger partial charge in [0.15, 0.2) is 5.78 Å². The first-order valence-corrected chi connectivity index (χ1v) is 9.68. The van der Waals surface area contributed by atoms with Crippen molar-refractivity contribution in [2.75, 3.05) is 13.2 Å². The first-order chi connectivity index (χ1) is 13.4. The van der Waals surface area contributed by atoms with Crippen molar-refractivity contribution < 1.29 is 23.9 Å². The molecule has 0 spiro atoms. The lowest BCUT2D eigenvalue weighted by Gasteiger charge is -2.45. The molecule has 1 heterocycles. The average molecular weight is 384 g/mol. The first-order valence-electron chi connectivity index (χ1n) is 9.68. The molecule has 4 rings (SSSR count). The number of nitrogens with zero attached hydrogens (tertiary/aromatic N) is 2. The zero-order chi connectivity index (χ0) is 20.1. The van der Waals surface area contributed by atoms with E-state index in [1.54, 1.807) is 13.8 Å². The molecule has 2 amide bonds. The third kappa shape index (κ3) is 2.45. The number of hydrazine groups is 1. The van der Waals surface area contributed by atoms with Crippen LogP contribution in [0.25, 0.3) is 5.57 Å². The van der Waals surface area contributed by atoms with E-state index >= 15 is 0 Å². The molecule has 0 radical (unpaired) electrons. The number of ether oxygens (including phenoxy) is 2. The van der Waals surface area contributed by atoms with Gasteiger partial charge in [-0.3, -0.25) is 4.79 Å². The Kier molecular flexibility index (Phi) is 4.40. The molecular weight excluding hydrogens is 360 g/mol. The Morgan fingerprint density at radius 1 is 1.11 bits per heavy atom. The largest absolute Gasteiger partial charge is 0.448 e. The van der Waals surface area contributed by atoms with Crippen LogP contribution in [0.4, 0.5) is 9.59 Å². The summed E-state index contributed by atoms with van der Waals surface area (Å²) in [6.45, 7) is 5.73. The van der Waals surface area contributed by atoms with E-state index in [2.05, 4.69) is 0 Å². The van der Waals surface area contributed by atoms with Gasteiger partial charge in [0, 0.05) is 11.5 Å². The van der Waals surface area contributed by atoms with Crippen molar-refractivity contribution in [1.82, 2.24) is 10.0 Å². The highest BCUT2D eigenvalue weighted by Gasteiger charge is 2.70. The molecule has 1 aromatic carbocycles. The van der Waals surface area contributed by atoms with E-state index in [1.165, 1.54) is 10.0 Å². The van der Waals surface area contributed by atoms with Crippen LogP contribution >= 0.6 is 0 Å². The molecule has 148 valence electrons. The van der Waals surface area contributed by atoms with E-state index in [9.17, 15) is 14.4 Å². The molecule has 0 unspecified atom stereocenters. The molecule has 7 heteroatoms. The van der Waals surface area contributed by atoms with E-state index in [-0.39, 0.29) is 30.8 Å². The van der Waals surface area contributed by atoms with Crippen molar-refractivity contribution in [3.8, 4) is 0 Å². The van der Waals surface area contributed by atoms with Crippen molar-refractivity contribution in [3.63, 3.8) is 0 Å². The summed E-state index contributed by atoms with van der Waals surface area (Å²) in [4.78, 5) is 38.7. The highest BCUT2D eigenvalue weighted by molar-refractivity contribution is 6.24. The summed E-state index contributed by atoms with van der Waals surface area (Å²) in [7, 11) is 0. The number of benzene rings is 1. The van der Waals surface area contributed by atoms with Crippen LogP contribution in [-0.4, -0.2) is 52.8 Å². The fourth-order valence-corrected chi connectivity index (χ4v) is 4.98. The Labute approximate surface area is 163 Å². The van der Waals surface area contributed by atoms with Crippen LogP contribution in [0, 0.1) is 11.8 Å². The molecule has 4 atom stereocenters. The summed E-state index contributed by atoms with van der Waals surface area (Å²) in [5.41, 5.74) is 0.789. The molecule has 1 saturated carbocycles. The molecular formula is C21H24N2O5. The molecule has 2 aliphatic carbocycles. The Morgan fingerprint density at radius 3 is 2.39 bits per heavy atom. The molecule has 1 aromatic rings. The fraction of sp³-hybridized carbons (Fsp3) is 0.476. The number of carbonyl (C=O) groups excluding carboxylic acids is 3. The Balaban J connectivity index is 1.75. The summed E-state index contributed by atoms with van der Waals surface area (Å²) in [6, 6.07) is 9.07. The van der Waals surface area contributed by atoms with Gasteiger partial charge in [0.25, 0.3) is 0 Å². The van der Waals surface area contributed by atoms with Crippen molar-refractivity contribution in [1.29, 1.82) is 0 Å². The third-order valence-corrected chi connectivity index (χ3v) is 6.05. The maximum atomic E-state index is 13.3. The fourth-order valence-electron chi connectivity index (χ4n) is 4.98. The minimum Gasteiger partial charge on any atom is -0.448 e. The van der Waals surface area contributed by atoms with Gasteiger partial charge in [0.05, 0.1) is 30.7 Å². The topological polar surface area (TPSA) is 76.2 Å². The normalized spacial score (nSPS) is 30.3. The smallest absolute Gasteiger partial charge is 0.429 e. The van der Waals surface area contributed by atoms with Crippen molar-refractivity contribution in [2.45, 2.75) is 38.8 Å². The molecule has 0 N–H and O–H groups in total. The Hall–Kier alpha value is -2.83. The second-order valence-electron chi connectivity index (χ2n) is 7.55. The third-order valence-electron chi connectivity index (χ3n) is 6.05. The molecule has 0 aromatic heterocycles. The highest BCUT2D eigenvalue weighted by atomic mass is 16.6. The van der Waals surface area contributed by atoms with Crippen LogP contribution in [0.5, 0.6) is 0 Å². The molecule has 2 fully saturated rings. The maximum absolute atomic E-state index is 13.3. The average Bonchev–Trinajstić information content (AvgIpc) is 3.28. The number of hydrogen-bond acceptors (Lipinski definition) is 5. The molecule has 2 bridgehead atoms. The van der Waals surface area contributed by atoms with E-state index in [1.807, 2.05) is 43.3 Å². The molecule has 1 aliphatic heterocycles. The number of allylic oxidation sites excluding steroid dienone is 1. The zero-order valence-electron chi connectivity index (χ0n) is 16.3. The lowest BCUT2D eigenvalue weighted by atomic mass is 9.84. The molecule has 1 saturated heterocycles. The molecule has 28 heavy (non-hydrogen) atoms. The van der Waals surface area contributed by atoms with Crippen LogP contribution in [0.1, 0.15) is 32.8 Å². The summed E-state index contributed by atoms with van der Waals surface area (Å²) in [5.74, 6) is -0.534. The van der Waals surface area contributed by atoms with Gasteiger partial charge in [0.1, 0.15) is 0 Å². The quantitative estimate of drug-likeness (QED) is 0.799. The van der Waals surface area contributed by atoms with Gasteiger partial charge in [-0.25, -0.2) is 19.6 Å². The van der Waals surface area contributed by atoms with E-state index in [0.29, 0.717) is 12.0 Å². The Morgan fingerprint density at radius 2 is 1.75 bits per heavy atom. The van der Waals surface area contributed by atoms with Crippen LogP contribution in [0.3, 0.4) is 0 Å². The summed E-state index contributed by atoms with van der Waals surface area (Å²) < 4.78 is 10.4. The van der Waals surface area contributed by atoms with Gasteiger partial charge in [-0.1, -0.05) is 36.4 Å². The number of carbonyl (C=O) groups is 3. The van der Waals surface area contributed by atoms with Gasteiger partial charge >= 0.3 is 12.2 Å². The molecule has 7 nitrogen and oxygen atoms in total. The lowest BCUT2D eigenvalue weighted by Crippen LogP contribution is -2.63. The molecule has 3 aliphatic rings. The number of fused-ring (bicyclic) bond motifs is 5. The number of amides is 2. The standard InChI is InChI=1S/C21H24N2O5/c1-4-27-19(25)22-16-12-21(3,23(22)20(26)28-5-2)15-11-14(18(24)17(15)16)13-9-7-6-8-10-13/h6-11,15-17H,4-5,12H2,1-3H3/t15-,16+,17+,21-/m1/s1. The van der Waals surface area contributed by atoms with E-state index in [4.69, 9.17) is 9.47 Å². The monoisotopic (exact) mass is 384 g/mol. The number of hydrogen-bond donors (Lipinski definition) is 0. The second kappa shape index (κ2) is 6.65. The van der Waals surface area contributed by atoms with Gasteiger partial charge in [-0.2, -0.15) is 0 Å². The summed E-state index contributed by atoms with van der Waals surface area (Å²) in [5, 5.41) is 2.68. The van der Waals surface area contributed by atoms with Crippen molar-refractivity contribution >= 4 is 23.5 Å². The number of Topliss-reactive ketones (excluding diaryl/α,β-unsaturated/α-hetero) is 1. The van der Waals surface area contributed by atoms with Gasteiger partial charge in [-0.05, 0) is 32.8 Å². The summed E-state index contributed by atoms with van der Waals surface area (Å²) in [6.07, 6.45) is 1.28. The van der Waals surface area contributed by atoms with E-state index < -0.39 is 23.8 Å². The SMILES string of the molecule is CCOC(=O)N1[C@H]2C[C@](C)([C@@H]3C=C(c4ccccc4)C(=O)[C@@H]32)N1C(=O)OCC. The predicted molar refractivity (Wildman–Crippen MR) is 101 cm³/mol. The van der Waals surface area contributed by atoms with Gasteiger partial charge < -0.3 is 9.47 Å². The first kappa shape index (κ1) is 18.5. The number of ketones is 1. The van der Waals surface area contributed by atoms with Crippen LogP contribution in [0.15, 0.2) is 36.4 Å². The van der Waals surface area contributed by atoms with Gasteiger partial charge in [-0.15, -0.1) is 0 Å². The lowest BCUT2D eigenvalue weighted by molar-refractivity contribution is -0.129. The van der Waals surface area contributed by atoms with Crippen LogP contribution in [0.2, 0.25) is 0 Å². The second-order valence-corrected chi connectivity index (χ2v) is 7.55. The van der Waals surface area contributed by atoms with Crippen LogP contribution in [-0.2, 0) is 14.3 Å². The minimum atomic E-state index is -0.722. The van der Waals surface area contributed by atoms with Crippen molar-refractivity contribution in [2.24, 2.45) is 11.8 Å². The van der Waals surface area contributed by atoms with Crippen molar-refractivity contribution in [3.05, 3.63) is 42.0 Å². The zero-order valence-corrected chi connectivity index (χ0v) is 16.3. The van der Waals surface area contributed by atoms with Gasteiger partial charge in [0.2, 0.25) is 0 Å².